The van der Waals surface area contributed by atoms with E-state index in [1.54, 1.807) is 49.8 Å². The molecule has 0 aliphatic carbocycles. The van der Waals surface area contributed by atoms with Crippen LogP contribution < -0.4 is 20.3 Å². The van der Waals surface area contributed by atoms with Gasteiger partial charge in [-0.2, -0.15) is 4.98 Å². The Kier molecular flexibility index (Phi) is 6.84. The summed E-state index contributed by atoms with van der Waals surface area (Å²) in [5, 5.41) is 8.86. The molecule has 3 heterocycles. The third kappa shape index (κ3) is 5.29. The van der Waals surface area contributed by atoms with Gasteiger partial charge in [-0.15, -0.1) is 11.3 Å². The van der Waals surface area contributed by atoms with Crippen molar-refractivity contribution in [2.24, 2.45) is 0 Å². The first-order valence-electron chi connectivity index (χ1n) is 10.1. The van der Waals surface area contributed by atoms with E-state index in [9.17, 15) is 9.59 Å². The van der Waals surface area contributed by atoms with Gasteiger partial charge in [0.1, 0.15) is 6.54 Å². The van der Waals surface area contributed by atoms with Crippen LogP contribution in [0.1, 0.15) is 4.88 Å². The molecule has 0 fully saturated rings. The number of ether oxygens (including phenoxy) is 2. The fourth-order valence-electron chi connectivity index (χ4n) is 3.21. The molecular formula is C23H22N4O5S. The molecule has 0 unspecified atom stereocenters. The van der Waals surface area contributed by atoms with Gasteiger partial charge in [0.15, 0.2) is 11.5 Å². The maximum atomic E-state index is 12.3. The minimum absolute atomic E-state index is 0.103. The number of nitrogens with zero attached hydrogens (tertiary/aromatic N) is 3. The van der Waals surface area contributed by atoms with Crippen LogP contribution in [0.25, 0.3) is 22.8 Å². The van der Waals surface area contributed by atoms with Crippen molar-refractivity contribution in [3.63, 3.8) is 0 Å². The first-order valence-corrected chi connectivity index (χ1v) is 11.0. The van der Waals surface area contributed by atoms with E-state index in [4.69, 9.17) is 14.0 Å². The Morgan fingerprint density at radius 2 is 1.94 bits per heavy atom. The van der Waals surface area contributed by atoms with Crippen LogP contribution >= 0.6 is 11.3 Å². The number of benzene rings is 1. The second-order valence-corrected chi connectivity index (χ2v) is 8.09. The fraction of sp³-hybridized carbons (Fsp3) is 0.217. The molecule has 9 nitrogen and oxygen atoms in total. The Morgan fingerprint density at radius 3 is 2.70 bits per heavy atom. The Bertz CT molecular complexity index is 1300. The molecule has 4 aromatic rings. The van der Waals surface area contributed by atoms with Crippen molar-refractivity contribution in [3.8, 4) is 34.3 Å². The highest BCUT2D eigenvalue weighted by Gasteiger charge is 2.15. The van der Waals surface area contributed by atoms with Crippen molar-refractivity contribution in [3.05, 3.63) is 69.3 Å². The summed E-state index contributed by atoms with van der Waals surface area (Å²) in [4.78, 5) is 30.2. The molecule has 170 valence electrons. The molecule has 1 amide bonds. The number of thiophene rings is 1. The third-order valence-corrected chi connectivity index (χ3v) is 5.82. The van der Waals surface area contributed by atoms with E-state index in [0.29, 0.717) is 35.0 Å². The van der Waals surface area contributed by atoms with Gasteiger partial charge in [-0.05, 0) is 42.1 Å². The number of hydrogen-bond acceptors (Lipinski definition) is 8. The van der Waals surface area contributed by atoms with Gasteiger partial charge in [0.2, 0.25) is 11.7 Å². The van der Waals surface area contributed by atoms with Gasteiger partial charge in [-0.1, -0.05) is 11.2 Å². The number of methoxy groups -OCH3 is 2. The van der Waals surface area contributed by atoms with E-state index in [1.807, 2.05) is 17.5 Å². The lowest BCUT2D eigenvalue weighted by Crippen LogP contribution is -2.33. The molecule has 0 radical (unpaired) electrons. The van der Waals surface area contributed by atoms with Crippen molar-refractivity contribution in [2.45, 2.75) is 13.0 Å². The lowest BCUT2D eigenvalue weighted by atomic mass is 10.2. The molecule has 0 aliphatic rings. The number of carbonyl (C=O) groups excluding carboxylic acids is 1. The van der Waals surface area contributed by atoms with Crippen molar-refractivity contribution in [2.75, 3.05) is 20.8 Å². The maximum Gasteiger partial charge on any atom is 0.259 e. The van der Waals surface area contributed by atoms with Gasteiger partial charge >= 0.3 is 0 Å². The molecule has 33 heavy (non-hydrogen) atoms. The SMILES string of the molecule is COc1ccc(-c2noc(-c3ccc(=O)n(CC(=O)NCCc4cccs4)c3)n2)cc1OC. The molecule has 3 aromatic heterocycles. The predicted molar refractivity (Wildman–Crippen MR) is 124 cm³/mol. The minimum atomic E-state index is -0.299. The molecular weight excluding hydrogens is 444 g/mol. The highest BCUT2D eigenvalue weighted by Crippen LogP contribution is 2.31. The first kappa shape index (κ1) is 22.3. The monoisotopic (exact) mass is 466 g/mol. The van der Waals surface area contributed by atoms with Crippen LogP contribution in [0.3, 0.4) is 0 Å². The van der Waals surface area contributed by atoms with Crippen LogP contribution in [0.5, 0.6) is 11.5 Å². The number of aromatic nitrogens is 3. The molecule has 0 saturated heterocycles. The summed E-state index contributed by atoms with van der Waals surface area (Å²) in [7, 11) is 3.10. The first-order chi connectivity index (χ1) is 16.1. The minimum Gasteiger partial charge on any atom is -0.493 e. The smallest absolute Gasteiger partial charge is 0.259 e. The van der Waals surface area contributed by atoms with Crippen LogP contribution in [0.4, 0.5) is 0 Å². The van der Waals surface area contributed by atoms with Gasteiger partial charge in [0, 0.05) is 29.2 Å². The van der Waals surface area contributed by atoms with E-state index in [2.05, 4.69) is 15.5 Å². The van der Waals surface area contributed by atoms with Crippen molar-refractivity contribution < 1.29 is 18.8 Å². The summed E-state index contributed by atoms with van der Waals surface area (Å²) in [5.74, 6) is 1.47. The van der Waals surface area contributed by atoms with Gasteiger partial charge in [0.25, 0.3) is 11.4 Å². The number of nitrogens with one attached hydrogen (secondary N) is 1. The molecule has 10 heteroatoms. The van der Waals surface area contributed by atoms with E-state index >= 15 is 0 Å². The molecule has 1 aromatic carbocycles. The molecule has 1 N–H and O–H groups in total. The highest BCUT2D eigenvalue weighted by atomic mass is 32.1. The summed E-state index contributed by atoms with van der Waals surface area (Å²) in [5.41, 5.74) is 0.910. The second-order valence-electron chi connectivity index (χ2n) is 7.06. The average molecular weight is 467 g/mol. The molecule has 4 rings (SSSR count). The van der Waals surface area contributed by atoms with Crippen molar-refractivity contribution >= 4 is 17.2 Å². The van der Waals surface area contributed by atoms with Gasteiger partial charge in [0.05, 0.1) is 19.8 Å². The summed E-state index contributed by atoms with van der Waals surface area (Å²) < 4.78 is 17.3. The summed E-state index contributed by atoms with van der Waals surface area (Å²) in [6.45, 7) is 0.403. The number of pyridine rings is 1. The average Bonchev–Trinajstić information content (AvgIpc) is 3.52. The maximum absolute atomic E-state index is 12.3. The van der Waals surface area contributed by atoms with Crippen LogP contribution in [0.2, 0.25) is 0 Å². The number of hydrogen-bond donors (Lipinski definition) is 1. The highest BCUT2D eigenvalue weighted by molar-refractivity contribution is 7.09. The van der Waals surface area contributed by atoms with Crippen LogP contribution in [0, 0.1) is 0 Å². The van der Waals surface area contributed by atoms with Gasteiger partial charge in [-0.25, -0.2) is 0 Å². The second kappa shape index (κ2) is 10.1. The van der Waals surface area contributed by atoms with Crippen LogP contribution in [-0.2, 0) is 17.8 Å². The fourth-order valence-corrected chi connectivity index (χ4v) is 3.91. The van der Waals surface area contributed by atoms with E-state index < -0.39 is 0 Å². The quantitative estimate of drug-likeness (QED) is 0.404. The Hall–Kier alpha value is -3.92. The summed E-state index contributed by atoms with van der Waals surface area (Å²) in [6.07, 6.45) is 2.28. The zero-order valence-corrected chi connectivity index (χ0v) is 18.9. The van der Waals surface area contributed by atoms with E-state index in [1.165, 1.54) is 21.7 Å². The molecule has 0 atom stereocenters. The van der Waals surface area contributed by atoms with E-state index in [0.717, 1.165) is 6.42 Å². The normalized spacial score (nSPS) is 10.7. The molecule has 0 saturated carbocycles. The molecule has 0 spiro atoms. The zero-order valence-electron chi connectivity index (χ0n) is 18.1. The molecule has 0 aliphatic heterocycles. The Labute approximate surface area is 193 Å². The van der Waals surface area contributed by atoms with Crippen LogP contribution in [0.15, 0.2) is 63.4 Å². The van der Waals surface area contributed by atoms with E-state index in [-0.39, 0.29) is 23.9 Å². The van der Waals surface area contributed by atoms with Crippen LogP contribution in [-0.4, -0.2) is 41.4 Å². The topological polar surface area (TPSA) is 108 Å². The van der Waals surface area contributed by atoms with Gasteiger partial charge in [-0.3, -0.25) is 9.59 Å². The number of carbonyl (C=O) groups is 1. The summed E-state index contributed by atoms with van der Waals surface area (Å²) in [6, 6.07) is 12.2. The zero-order chi connectivity index (χ0) is 23.2. The Morgan fingerprint density at radius 1 is 1.12 bits per heavy atom. The third-order valence-electron chi connectivity index (χ3n) is 4.89. The lowest BCUT2D eigenvalue weighted by molar-refractivity contribution is -0.121. The number of amides is 1. The lowest BCUT2D eigenvalue weighted by Gasteiger charge is -2.08. The standard InChI is InChI=1S/C23H22N4O5S/c1-30-18-7-5-15(12-19(18)31-2)22-25-23(32-26-22)16-6-8-21(29)27(13-16)14-20(28)24-10-9-17-4-3-11-33-17/h3-8,11-13H,9-10,14H2,1-2H3,(H,24,28). The largest absolute Gasteiger partial charge is 0.493 e. The number of rotatable bonds is 9. The summed E-state index contributed by atoms with van der Waals surface area (Å²) >= 11 is 1.64. The predicted octanol–water partition coefficient (Wildman–Crippen LogP) is 3.00. The van der Waals surface area contributed by atoms with Gasteiger partial charge < -0.3 is 23.9 Å². The Balaban J connectivity index is 1.47. The van der Waals surface area contributed by atoms with Crippen molar-refractivity contribution in [1.29, 1.82) is 0 Å². The molecule has 0 bridgehead atoms. The van der Waals surface area contributed by atoms with Crippen molar-refractivity contribution in [1.82, 2.24) is 20.0 Å².